The van der Waals surface area contributed by atoms with E-state index in [-0.39, 0.29) is 37.2 Å². The minimum Gasteiger partial charge on any atom is -0.389 e. The van der Waals surface area contributed by atoms with Gasteiger partial charge in [-0.1, -0.05) is 35.9 Å². The van der Waals surface area contributed by atoms with Gasteiger partial charge in [0.25, 0.3) is 0 Å². The Morgan fingerprint density at radius 2 is 1.64 bits per heavy atom. The van der Waals surface area contributed by atoms with Crippen LogP contribution in [0.15, 0.2) is 48.5 Å². The van der Waals surface area contributed by atoms with Crippen molar-refractivity contribution < 1.29 is 14.2 Å². The molecular formula is C20H26Cl3FN2O2. The van der Waals surface area contributed by atoms with Gasteiger partial charge in [-0.25, -0.2) is 4.39 Å². The second-order valence-corrected chi connectivity index (χ2v) is 6.97. The summed E-state index contributed by atoms with van der Waals surface area (Å²) in [6.07, 6.45) is -0.540. The Morgan fingerprint density at radius 1 is 1.00 bits per heavy atom. The van der Waals surface area contributed by atoms with Gasteiger partial charge in [0.1, 0.15) is 5.82 Å². The van der Waals surface area contributed by atoms with Crippen LogP contribution in [-0.4, -0.2) is 55.4 Å². The molecule has 0 bridgehead atoms. The third-order valence-electron chi connectivity index (χ3n) is 4.53. The smallest absolute Gasteiger partial charge is 0.146 e. The minimum absolute atomic E-state index is 0. The lowest BCUT2D eigenvalue weighted by Gasteiger charge is -2.36. The van der Waals surface area contributed by atoms with Crippen molar-refractivity contribution in [1.29, 1.82) is 0 Å². The summed E-state index contributed by atoms with van der Waals surface area (Å²) in [6, 6.07) is 14.3. The molecule has 1 atom stereocenters. The number of halogens is 4. The highest BCUT2D eigenvalue weighted by molar-refractivity contribution is 6.30. The van der Waals surface area contributed by atoms with Crippen molar-refractivity contribution in [3.8, 4) is 0 Å². The van der Waals surface area contributed by atoms with Crippen LogP contribution < -0.4 is 4.90 Å². The number of ether oxygens (including phenoxy) is 1. The van der Waals surface area contributed by atoms with E-state index in [4.69, 9.17) is 16.3 Å². The summed E-state index contributed by atoms with van der Waals surface area (Å²) in [6.45, 7) is 4.39. The van der Waals surface area contributed by atoms with Crippen molar-refractivity contribution in [3.05, 3.63) is 64.9 Å². The molecular weight excluding hydrogens is 426 g/mol. The van der Waals surface area contributed by atoms with Gasteiger partial charge < -0.3 is 14.7 Å². The first-order chi connectivity index (χ1) is 12.6. The summed E-state index contributed by atoms with van der Waals surface area (Å²) < 4.78 is 19.5. The fraction of sp³-hybridized carbons (Fsp3) is 0.400. The molecule has 1 aliphatic heterocycles. The molecule has 28 heavy (non-hydrogen) atoms. The number of β-amino-alcohol motifs (C(OH)–C–C–N with tert-alkyl or cyclic N) is 1. The average molecular weight is 452 g/mol. The van der Waals surface area contributed by atoms with Gasteiger partial charge in [0.05, 0.1) is 25.0 Å². The number of nitrogens with zero attached hydrogens (tertiary/aromatic N) is 2. The van der Waals surface area contributed by atoms with Gasteiger partial charge in [-0.15, -0.1) is 24.8 Å². The second-order valence-electron chi connectivity index (χ2n) is 6.53. The number of hydrogen-bond donors (Lipinski definition) is 1. The van der Waals surface area contributed by atoms with Crippen LogP contribution in [-0.2, 0) is 11.3 Å². The molecule has 1 fully saturated rings. The maximum atomic E-state index is 13.9. The summed E-state index contributed by atoms with van der Waals surface area (Å²) in [5.41, 5.74) is 1.68. The van der Waals surface area contributed by atoms with Crippen LogP contribution >= 0.6 is 36.4 Å². The lowest BCUT2D eigenvalue weighted by atomic mass is 10.2. The minimum atomic E-state index is -0.540. The SMILES string of the molecule is Cl.Cl.OC(COCc1ccc(Cl)cc1)CN1CCN(c2ccccc2F)CC1. The number of aliphatic hydroxyl groups excluding tert-OH is 1. The summed E-state index contributed by atoms with van der Waals surface area (Å²) in [7, 11) is 0. The van der Waals surface area contributed by atoms with Crippen molar-refractivity contribution in [3.63, 3.8) is 0 Å². The fourth-order valence-electron chi connectivity index (χ4n) is 3.12. The van der Waals surface area contributed by atoms with E-state index in [1.165, 1.54) is 6.07 Å². The molecule has 1 N–H and O–H groups in total. The molecule has 1 aliphatic rings. The number of anilines is 1. The molecule has 156 valence electrons. The quantitative estimate of drug-likeness (QED) is 0.690. The molecule has 0 aromatic heterocycles. The molecule has 0 amide bonds. The number of benzene rings is 2. The number of hydrogen-bond acceptors (Lipinski definition) is 4. The van der Waals surface area contributed by atoms with Crippen LogP contribution in [0.3, 0.4) is 0 Å². The van der Waals surface area contributed by atoms with Gasteiger partial charge in [0.15, 0.2) is 0 Å². The van der Waals surface area contributed by atoms with Gasteiger partial charge in [-0.05, 0) is 29.8 Å². The lowest BCUT2D eigenvalue weighted by Crippen LogP contribution is -2.49. The zero-order valence-electron chi connectivity index (χ0n) is 15.5. The predicted molar refractivity (Wildman–Crippen MR) is 117 cm³/mol. The third-order valence-corrected chi connectivity index (χ3v) is 4.78. The van der Waals surface area contributed by atoms with Gasteiger partial charge in [0, 0.05) is 37.7 Å². The summed E-state index contributed by atoms with van der Waals surface area (Å²) >= 11 is 5.85. The van der Waals surface area contributed by atoms with Crippen molar-refractivity contribution in [2.45, 2.75) is 12.7 Å². The number of para-hydroxylation sites is 1. The average Bonchev–Trinajstić information content (AvgIpc) is 2.65. The van der Waals surface area contributed by atoms with Crippen LogP contribution in [0.5, 0.6) is 0 Å². The van der Waals surface area contributed by atoms with Crippen LogP contribution in [0, 0.1) is 5.82 Å². The van der Waals surface area contributed by atoms with Gasteiger partial charge in [0.2, 0.25) is 0 Å². The standard InChI is InChI=1S/C20H24ClFN2O2.2ClH/c21-17-7-5-16(6-8-17)14-26-15-18(25)13-23-9-11-24(12-10-23)20-4-2-1-3-19(20)22;;/h1-8,18,25H,9-15H2;2*1H. The maximum Gasteiger partial charge on any atom is 0.146 e. The van der Waals surface area contributed by atoms with Crippen molar-refractivity contribution in [2.75, 3.05) is 44.2 Å². The first-order valence-electron chi connectivity index (χ1n) is 8.84. The topological polar surface area (TPSA) is 35.9 Å². The van der Waals surface area contributed by atoms with Gasteiger partial charge >= 0.3 is 0 Å². The number of aliphatic hydroxyl groups is 1. The second kappa shape index (κ2) is 12.5. The molecule has 0 aliphatic carbocycles. The van der Waals surface area contributed by atoms with Crippen LogP contribution in [0.1, 0.15) is 5.56 Å². The third kappa shape index (κ3) is 7.39. The van der Waals surface area contributed by atoms with Gasteiger partial charge in [-0.3, -0.25) is 4.90 Å². The molecule has 3 rings (SSSR count). The fourth-order valence-corrected chi connectivity index (χ4v) is 3.25. The maximum absolute atomic E-state index is 13.9. The molecule has 4 nitrogen and oxygen atoms in total. The monoisotopic (exact) mass is 450 g/mol. The van der Waals surface area contributed by atoms with Crippen LogP contribution in [0.25, 0.3) is 0 Å². The van der Waals surface area contributed by atoms with E-state index in [0.29, 0.717) is 23.9 Å². The molecule has 0 radical (unpaired) electrons. The zero-order valence-corrected chi connectivity index (χ0v) is 17.9. The molecule has 1 heterocycles. The van der Waals surface area contributed by atoms with Crippen molar-refractivity contribution in [2.24, 2.45) is 0 Å². The molecule has 1 saturated heterocycles. The summed E-state index contributed by atoms with van der Waals surface area (Å²) in [5.74, 6) is -0.184. The largest absolute Gasteiger partial charge is 0.389 e. The Kier molecular flexibility index (Phi) is 11.1. The Balaban J connectivity index is 0.00000196. The van der Waals surface area contributed by atoms with Crippen LogP contribution in [0.4, 0.5) is 10.1 Å². The Labute approximate surface area is 183 Å². The first-order valence-corrected chi connectivity index (χ1v) is 9.21. The Hall–Kier alpha value is -1.08. The van der Waals surface area contributed by atoms with E-state index in [9.17, 15) is 9.50 Å². The summed E-state index contributed by atoms with van der Waals surface area (Å²) in [5, 5.41) is 10.9. The van der Waals surface area contributed by atoms with E-state index in [2.05, 4.69) is 9.80 Å². The lowest BCUT2D eigenvalue weighted by molar-refractivity contribution is 0.00912. The molecule has 1 unspecified atom stereocenters. The molecule has 8 heteroatoms. The highest BCUT2D eigenvalue weighted by atomic mass is 35.5. The Bertz CT molecular complexity index is 698. The molecule has 0 saturated carbocycles. The van der Waals surface area contributed by atoms with E-state index >= 15 is 0 Å². The van der Waals surface area contributed by atoms with E-state index in [1.807, 2.05) is 36.4 Å². The zero-order chi connectivity index (χ0) is 18.4. The van der Waals surface area contributed by atoms with E-state index in [0.717, 1.165) is 31.7 Å². The van der Waals surface area contributed by atoms with Crippen LogP contribution in [0.2, 0.25) is 5.02 Å². The van der Waals surface area contributed by atoms with E-state index in [1.54, 1.807) is 6.07 Å². The van der Waals surface area contributed by atoms with Gasteiger partial charge in [-0.2, -0.15) is 0 Å². The van der Waals surface area contributed by atoms with Crippen molar-refractivity contribution >= 4 is 42.1 Å². The first kappa shape index (κ1) is 25.0. The summed E-state index contributed by atoms with van der Waals surface area (Å²) in [4.78, 5) is 4.24. The number of piperazine rings is 1. The molecule has 2 aromatic rings. The number of rotatable bonds is 7. The molecule has 0 spiro atoms. The van der Waals surface area contributed by atoms with Crippen molar-refractivity contribution in [1.82, 2.24) is 4.90 Å². The highest BCUT2D eigenvalue weighted by Gasteiger charge is 2.21. The highest BCUT2D eigenvalue weighted by Crippen LogP contribution is 2.20. The molecule has 2 aromatic carbocycles. The Morgan fingerprint density at radius 3 is 2.29 bits per heavy atom. The normalized spacial score (nSPS) is 15.5. The van der Waals surface area contributed by atoms with E-state index < -0.39 is 6.10 Å². The predicted octanol–water partition coefficient (Wildman–Crippen LogP) is 4.02.